The van der Waals surface area contributed by atoms with E-state index in [1.165, 1.54) is 12.1 Å². The zero-order valence-electron chi connectivity index (χ0n) is 15.3. The molecule has 1 unspecified atom stereocenters. The van der Waals surface area contributed by atoms with Gasteiger partial charge in [0.25, 0.3) is 0 Å². The fourth-order valence-electron chi connectivity index (χ4n) is 3.09. The summed E-state index contributed by atoms with van der Waals surface area (Å²) >= 11 is 0. The van der Waals surface area contributed by atoms with Crippen molar-refractivity contribution in [2.45, 2.75) is 44.4 Å². The molecule has 2 atom stereocenters. The Bertz CT molecular complexity index is 814. The van der Waals surface area contributed by atoms with Gasteiger partial charge in [0.05, 0.1) is 12.6 Å². The zero-order valence-corrected chi connectivity index (χ0v) is 15.3. The van der Waals surface area contributed by atoms with Crippen molar-refractivity contribution in [3.63, 3.8) is 0 Å². The van der Waals surface area contributed by atoms with Crippen molar-refractivity contribution in [2.24, 2.45) is 5.92 Å². The largest absolute Gasteiger partial charge is 0.433 e. The van der Waals surface area contributed by atoms with Gasteiger partial charge in [-0.1, -0.05) is 6.07 Å². The van der Waals surface area contributed by atoms with Crippen molar-refractivity contribution in [1.29, 1.82) is 0 Å². The standard InChI is InChI=1S/C18H21F3N6O/c1-10(11-5-6-11)22-16-25-15(13-3-2-4-14(24-13)18(19,20)21)26-17(27-16)23-12-7-8-28-9-12/h2-4,10-12H,5-9H2,1H3,(H2,22,23,25,26,27)/t10-,12?/m1/s1. The molecule has 0 spiro atoms. The van der Waals surface area contributed by atoms with Crippen LogP contribution in [0.3, 0.4) is 0 Å². The van der Waals surface area contributed by atoms with E-state index in [1.54, 1.807) is 0 Å². The summed E-state index contributed by atoms with van der Waals surface area (Å²) in [5.41, 5.74) is -0.935. The molecule has 0 radical (unpaired) electrons. The van der Waals surface area contributed by atoms with Gasteiger partial charge in [0.2, 0.25) is 11.9 Å². The lowest BCUT2D eigenvalue weighted by Crippen LogP contribution is -2.23. The van der Waals surface area contributed by atoms with Crippen molar-refractivity contribution >= 4 is 11.9 Å². The molecule has 0 bridgehead atoms. The lowest BCUT2D eigenvalue weighted by atomic mass is 10.2. The predicted octanol–water partition coefficient (Wildman–Crippen LogP) is 3.36. The second-order valence-electron chi connectivity index (χ2n) is 7.19. The van der Waals surface area contributed by atoms with Gasteiger partial charge in [-0.25, -0.2) is 4.98 Å². The number of pyridine rings is 1. The first-order valence-corrected chi connectivity index (χ1v) is 9.30. The third-order valence-electron chi connectivity index (χ3n) is 4.85. The summed E-state index contributed by atoms with van der Waals surface area (Å²) in [7, 11) is 0. The van der Waals surface area contributed by atoms with Crippen LogP contribution < -0.4 is 10.6 Å². The van der Waals surface area contributed by atoms with E-state index >= 15 is 0 Å². The van der Waals surface area contributed by atoms with Gasteiger partial charge in [-0.15, -0.1) is 0 Å². The zero-order chi connectivity index (χ0) is 19.7. The van der Waals surface area contributed by atoms with Gasteiger partial charge in [0.1, 0.15) is 11.4 Å². The Morgan fingerprint density at radius 1 is 1.07 bits per heavy atom. The number of nitrogens with one attached hydrogen (secondary N) is 2. The second-order valence-corrected chi connectivity index (χ2v) is 7.19. The lowest BCUT2D eigenvalue weighted by molar-refractivity contribution is -0.141. The van der Waals surface area contributed by atoms with Gasteiger partial charge in [0.15, 0.2) is 5.82 Å². The van der Waals surface area contributed by atoms with Crippen molar-refractivity contribution < 1.29 is 17.9 Å². The van der Waals surface area contributed by atoms with E-state index in [2.05, 4.69) is 30.6 Å². The van der Waals surface area contributed by atoms with E-state index in [4.69, 9.17) is 4.74 Å². The topological polar surface area (TPSA) is 84.9 Å². The normalized spacial score (nSPS) is 20.8. The summed E-state index contributed by atoms with van der Waals surface area (Å²) in [6, 6.07) is 3.91. The minimum absolute atomic E-state index is 0.0464. The minimum Gasteiger partial charge on any atom is -0.379 e. The van der Waals surface area contributed by atoms with Gasteiger partial charge in [-0.3, -0.25) is 0 Å². The van der Waals surface area contributed by atoms with Crippen LogP contribution >= 0.6 is 0 Å². The molecule has 0 aromatic carbocycles. The number of anilines is 2. The molecule has 1 aliphatic carbocycles. The molecular formula is C18H21F3N6O. The van der Waals surface area contributed by atoms with Crippen LogP contribution in [0.2, 0.25) is 0 Å². The first-order chi connectivity index (χ1) is 13.4. The Hall–Kier alpha value is -2.49. The van der Waals surface area contributed by atoms with Crippen molar-refractivity contribution in [3.05, 3.63) is 23.9 Å². The second kappa shape index (κ2) is 7.50. The molecule has 28 heavy (non-hydrogen) atoms. The fraction of sp³-hybridized carbons (Fsp3) is 0.556. The molecule has 2 aromatic heterocycles. The third-order valence-corrected chi connectivity index (χ3v) is 4.85. The third kappa shape index (κ3) is 4.49. The summed E-state index contributed by atoms with van der Waals surface area (Å²) in [4.78, 5) is 16.7. The highest BCUT2D eigenvalue weighted by atomic mass is 19.4. The number of hydrogen-bond donors (Lipinski definition) is 2. The molecule has 10 heteroatoms. The molecule has 2 N–H and O–H groups in total. The maximum absolute atomic E-state index is 13.0. The smallest absolute Gasteiger partial charge is 0.379 e. The molecule has 4 rings (SSSR count). The predicted molar refractivity (Wildman–Crippen MR) is 96.7 cm³/mol. The summed E-state index contributed by atoms with van der Waals surface area (Å²) < 4.78 is 44.4. The van der Waals surface area contributed by atoms with Crippen LogP contribution in [0.1, 0.15) is 31.9 Å². The summed E-state index contributed by atoms with van der Waals surface area (Å²) in [5.74, 6) is 1.27. The number of rotatable bonds is 6. The van der Waals surface area contributed by atoms with Gasteiger partial charge >= 0.3 is 6.18 Å². The quantitative estimate of drug-likeness (QED) is 0.777. The van der Waals surface area contributed by atoms with Crippen LogP contribution in [0.25, 0.3) is 11.5 Å². The highest BCUT2D eigenvalue weighted by Crippen LogP contribution is 2.34. The van der Waals surface area contributed by atoms with Gasteiger partial charge < -0.3 is 15.4 Å². The van der Waals surface area contributed by atoms with Crippen LogP contribution in [0.5, 0.6) is 0 Å². The molecule has 150 valence electrons. The van der Waals surface area contributed by atoms with Crippen molar-refractivity contribution in [2.75, 3.05) is 23.8 Å². The van der Waals surface area contributed by atoms with Crippen LogP contribution in [0, 0.1) is 5.92 Å². The number of hydrogen-bond acceptors (Lipinski definition) is 7. The maximum atomic E-state index is 13.0. The van der Waals surface area contributed by atoms with E-state index in [0.717, 1.165) is 25.3 Å². The highest BCUT2D eigenvalue weighted by Gasteiger charge is 2.33. The van der Waals surface area contributed by atoms with E-state index in [1.807, 2.05) is 6.92 Å². The Balaban J connectivity index is 1.66. The molecule has 1 saturated carbocycles. The summed E-state index contributed by atoms with van der Waals surface area (Å²) in [6.45, 7) is 3.22. The van der Waals surface area contributed by atoms with Crippen LogP contribution in [0.4, 0.5) is 25.1 Å². The highest BCUT2D eigenvalue weighted by molar-refractivity contribution is 5.54. The number of nitrogens with zero attached hydrogens (tertiary/aromatic N) is 4. The molecule has 1 saturated heterocycles. The minimum atomic E-state index is -4.53. The molecular weight excluding hydrogens is 373 g/mol. The average Bonchev–Trinajstić information content (AvgIpc) is 3.39. The maximum Gasteiger partial charge on any atom is 0.433 e. The Morgan fingerprint density at radius 2 is 1.86 bits per heavy atom. The average molecular weight is 394 g/mol. The van der Waals surface area contributed by atoms with Crippen molar-refractivity contribution in [3.8, 4) is 11.5 Å². The lowest BCUT2D eigenvalue weighted by Gasteiger charge is -2.16. The Morgan fingerprint density at radius 3 is 2.54 bits per heavy atom. The van der Waals surface area contributed by atoms with Gasteiger partial charge in [-0.05, 0) is 44.2 Å². The molecule has 0 amide bonds. The van der Waals surface area contributed by atoms with E-state index in [9.17, 15) is 13.2 Å². The molecule has 2 fully saturated rings. The number of alkyl halides is 3. The molecule has 3 heterocycles. The van der Waals surface area contributed by atoms with E-state index in [0.29, 0.717) is 31.0 Å². The monoisotopic (exact) mass is 394 g/mol. The first-order valence-electron chi connectivity index (χ1n) is 9.30. The van der Waals surface area contributed by atoms with Crippen LogP contribution in [0.15, 0.2) is 18.2 Å². The van der Waals surface area contributed by atoms with Crippen molar-refractivity contribution in [1.82, 2.24) is 19.9 Å². The summed E-state index contributed by atoms with van der Waals surface area (Å²) in [5, 5.41) is 6.42. The Labute approximate surface area is 160 Å². The molecule has 2 aromatic rings. The summed E-state index contributed by atoms with van der Waals surface area (Å²) in [6.07, 6.45) is -1.44. The molecule has 1 aliphatic heterocycles. The van der Waals surface area contributed by atoms with Crippen LogP contribution in [-0.2, 0) is 10.9 Å². The van der Waals surface area contributed by atoms with Gasteiger partial charge in [-0.2, -0.15) is 28.1 Å². The molecule has 7 nitrogen and oxygen atoms in total. The number of aromatic nitrogens is 4. The fourth-order valence-corrected chi connectivity index (χ4v) is 3.09. The Kier molecular flexibility index (Phi) is 5.05. The van der Waals surface area contributed by atoms with E-state index < -0.39 is 11.9 Å². The number of ether oxygens (including phenoxy) is 1. The SMILES string of the molecule is C[C@@H](Nc1nc(NC2CCOC2)nc(-c2cccc(C(F)(F)F)n2)n1)C1CC1. The molecule has 2 aliphatic rings. The van der Waals surface area contributed by atoms with Crippen LogP contribution in [-0.4, -0.2) is 45.2 Å². The number of halogens is 3. The van der Waals surface area contributed by atoms with E-state index in [-0.39, 0.29) is 23.6 Å². The van der Waals surface area contributed by atoms with Gasteiger partial charge in [0, 0.05) is 12.6 Å². The first kappa shape index (κ1) is 18.9.